The van der Waals surface area contributed by atoms with E-state index in [1.54, 1.807) is 13.8 Å². The number of amides is 1. The van der Waals surface area contributed by atoms with E-state index in [1.165, 1.54) is 28.6 Å². The van der Waals surface area contributed by atoms with Crippen molar-refractivity contribution >= 4 is 27.6 Å². The average Bonchev–Trinajstić information content (AvgIpc) is 2.68. The third-order valence-corrected chi connectivity index (χ3v) is 5.73. The second-order valence-corrected chi connectivity index (χ2v) is 7.38. The number of hydrogen-bond acceptors (Lipinski definition) is 7. The van der Waals surface area contributed by atoms with Crippen molar-refractivity contribution < 1.29 is 32.2 Å². The summed E-state index contributed by atoms with van der Waals surface area (Å²) in [5, 5.41) is 2.52. The monoisotopic (exact) mass is 398 g/mol. The van der Waals surface area contributed by atoms with Crippen molar-refractivity contribution in [2.75, 3.05) is 38.2 Å². The van der Waals surface area contributed by atoms with Crippen molar-refractivity contribution in [1.82, 2.24) is 4.31 Å². The maximum absolute atomic E-state index is 12.4. The Morgan fingerprint density at radius 1 is 1.15 bits per heavy atom. The number of benzene rings is 1. The molecule has 0 saturated carbocycles. The smallest absolute Gasteiger partial charge is 0.377 e. The summed E-state index contributed by atoms with van der Waals surface area (Å²) in [5.74, 6) is -1.47. The van der Waals surface area contributed by atoms with Crippen LogP contribution >= 0.6 is 0 Å². The standard InChI is InChI=1S/C17H22N2O7S/c1-3-19(4-2)27(22,23)14-7-5-13(6-8-14)18-16(20)12-26-17(21)15-11-24-9-10-25-15/h5-8,11H,3-4,9-10,12H2,1-2H3,(H,18,20). The molecule has 2 rings (SSSR count). The van der Waals surface area contributed by atoms with Gasteiger partial charge in [-0.05, 0) is 24.3 Å². The molecule has 1 heterocycles. The fourth-order valence-corrected chi connectivity index (χ4v) is 3.76. The summed E-state index contributed by atoms with van der Waals surface area (Å²) in [6.07, 6.45) is 1.14. The first-order chi connectivity index (χ1) is 12.9. The zero-order chi connectivity index (χ0) is 19.9. The lowest BCUT2D eigenvalue weighted by molar-refractivity contribution is -0.148. The van der Waals surface area contributed by atoms with E-state index < -0.39 is 28.5 Å². The van der Waals surface area contributed by atoms with Crippen LogP contribution in [0.4, 0.5) is 5.69 Å². The van der Waals surface area contributed by atoms with Gasteiger partial charge in [-0.25, -0.2) is 13.2 Å². The molecule has 1 amide bonds. The van der Waals surface area contributed by atoms with Crippen molar-refractivity contribution in [3.05, 3.63) is 36.3 Å². The summed E-state index contributed by atoms with van der Waals surface area (Å²) in [6, 6.07) is 5.76. The third kappa shape index (κ3) is 5.44. The number of nitrogens with one attached hydrogen (secondary N) is 1. The van der Waals surface area contributed by atoms with Gasteiger partial charge in [0, 0.05) is 18.8 Å². The number of ether oxygens (including phenoxy) is 3. The van der Waals surface area contributed by atoms with E-state index in [4.69, 9.17) is 14.2 Å². The van der Waals surface area contributed by atoms with Gasteiger partial charge in [-0.2, -0.15) is 4.31 Å². The van der Waals surface area contributed by atoms with Crippen LogP contribution in [0, 0.1) is 0 Å². The van der Waals surface area contributed by atoms with E-state index in [0.717, 1.165) is 6.26 Å². The summed E-state index contributed by atoms with van der Waals surface area (Å²) < 4.78 is 41.0. The first kappa shape index (κ1) is 20.7. The number of esters is 1. The number of carbonyl (C=O) groups is 2. The SMILES string of the molecule is CCN(CC)S(=O)(=O)c1ccc(NC(=O)COC(=O)C2=COCCO2)cc1. The molecule has 1 aromatic rings. The molecule has 0 spiro atoms. The molecule has 9 nitrogen and oxygen atoms in total. The largest absolute Gasteiger partial charge is 0.493 e. The highest BCUT2D eigenvalue weighted by Crippen LogP contribution is 2.18. The molecule has 1 N–H and O–H groups in total. The van der Waals surface area contributed by atoms with Crippen molar-refractivity contribution in [2.24, 2.45) is 0 Å². The molecule has 1 aliphatic heterocycles. The molecule has 27 heavy (non-hydrogen) atoms. The number of nitrogens with zero attached hydrogens (tertiary/aromatic N) is 1. The number of rotatable bonds is 8. The first-order valence-electron chi connectivity index (χ1n) is 8.40. The number of sulfonamides is 1. The van der Waals surface area contributed by atoms with Crippen molar-refractivity contribution in [3.63, 3.8) is 0 Å². The molecular weight excluding hydrogens is 376 g/mol. The summed E-state index contributed by atoms with van der Waals surface area (Å²) >= 11 is 0. The molecule has 0 unspecified atom stereocenters. The summed E-state index contributed by atoms with van der Waals surface area (Å²) in [4.78, 5) is 23.7. The van der Waals surface area contributed by atoms with E-state index in [0.29, 0.717) is 25.4 Å². The molecule has 10 heteroatoms. The topological polar surface area (TPSA) is 111 Å². The zero-order valence-corrected chi connectivity index (χ0v) is 16.0. The van der Waals surface area contributed by atoms with Gasteiger partial charge >= 0.3 is 5.97 Å². The molecule has 0 aliphatic carbocycles. The Morgan fingerprint density at radius 3 is 2.37 bits per heavy atom. The van der Waals surface area contributed by atoms with Crippen molar-refractivity contribution in [3.8, 4) is 0 Å². The third-order valence-electron chi connectivity index (χ3n) is 3.67. The summed E-state index contributed by atoms with van der Waals surface area (Å²) in [6.45, 7) is 4.32. The van der Waals surface area contributed by atoms with Crippen molar-refractivity contribution in [2.45, 2.75) is 18.7 Å². The van der Waals surface area contributed by atoms with Crippen LogP contribution in [-0.2, 0) is 33.8 Å². The molecular formula is C17H22N2O7S. The highest BCUT2D eigenvalue weighted by molar-refractivity contribution is 7.89. The molecule has 0 atom stereocenters. The van der Waals surface area contributed by atoms with Gasteiger partial charge in [-0.3, -0.25) is 4.79 Å². The normalized spacial score (nSPS) is 14.0. The summed E-state index contributed by atoms with van der Waals surface area (Å²) in [7, 11) is -3.56. The lowest BCUT2D eigenvalue weighted by atomic mass is 10.3. The van der Waals surface area contributed by atoms with Gasteiger partial charge in [0.05, 0.1) is 4.90 Å². The van der Waals surface area contributed by atoms with Crippen LogP contribution < -0.4 is 5.32 Å². The van der Waals surface area contributed by atoms with Gasteiger partial charge in [0.15, 0.2) is 6.61 Å². The van der Waals surface area contributed by atoms with Gasteiger partial charge in [-0.1, -0.05) is 13.8 Å². The van der Waals surface area contributed by atoms with E-state index in [1.807, 2.05) is 0 Å². The fourth-order valence-electron chi connectivity index (χ4n) is 2.30. The zero-order valence-electron chi connectivity index (χ0n) is 15.1. The molecule has 0 saturated heterocycles. The molecule has 148 valence electrons. The van der Waals surface area contributed by atoms with Gasteiger partial charge < -0.3 is 19.5 Å². The Kier molecular flexibility index (Phi) is 7.19. The Morgan fingerprint density at radius 2 is 1.81 bits per heavy atom. The Bertz CT molecular complexity index is 799. The summed E-state index contributed by atoms with van der Waals surface area (Å²) in [5.41, 5.74) is 0.381. The minimum Gasteiger partial charge on any atom is -0.493 e. The van der Waals surface area contributed by atoms with Crippen LogP contribution in [0.25, 0.3) is 0 Å². The highest BCUT2D eigenvalue weighted by atomic mass is 32.2. The molecule has 0 fully saturated rings. The van der Waals surface area contributed by atoms with E-state index in [-0.39, 0.29) is 17.3 Å². The van der Waals surface area contributed by atoms with Gasteiger partial charge in [-0.15, -0.1) is 0 Å². The maximum Gasteiger partial charge on any atom is 0.377 e. The number of hydrogen-bond donors (Lipinski definition) is 1. The quantitative estimate of drug-likeness (QED) is 0.653. The highest BCUT2D eigenvalue weighted by Gasteiger charge is 2.21. The lowest BCUT2D eigenvalue weighted by Gasteiger charge is -2.18. The van der Waals surface area contributed by atoms with E-state index in [9.17, 15) is 18.0 Å². The molecule has 1 aliphatic rings. The minimum absolute atomic E-state index is 0.0972. The van der Waals surface area contributed by atoms with Gasteiger partial charge in [0.2, 0.25) is 15.8 Å². The Balaban J connectivity index is 1.91. The van der Waals surface area contributed by atoms with Gasteiger partial charge in [0.1, 0.15) is 19.5 Å². The minimum atomic E-state index is -3.56. The van der Waals surface area contributed by atoms with Crippen LogP contribution in [0.5, 0.6) is 0 Å². The van der Waals surface area contributed by atoms with Gasteiger partial charge in [0.25, 0.3) is 5.91 Å². The average molecular weight is 398 g/mol. The van der Waals surface area contributed by atoms with Crippen LogP contribution in [-0.4, -0.2) is 57.5 Å². The number of carbonyl (C=O) groups excluding carboxylic acids is 2. The maximum atomic E-state index is 12.4. The lowest BCUT2D eigenvalue weighted by Crippen LogP contribution is -2.30. The predicted octanol–water partition coefficient (Wildman–Crippen LogP) is 1.09. The molecule has 0 radical (unpaired) electrons. The van der Waals surface area contributed by atoms with E-state index in [2.05, 4.69) is 5.32 Å². The van der Waals surface area contributed by atoms with Crippen LogP contribution in [0.15, 0.2) is 41.2 Å². The molecule has 0 bridgehead atoms. The van der Waals surface area contributed by atoms with Crippen LogP contribution in [0.2, 0.25) is 0 Å². The second kappa shape index (κ2) is 9.38. The first-order valence-corrected chi connectivity index (χ1v) is 9.84. The van der Waals surface area contributed by atoms with E-state index >= 15 is 0 Å². The second-order valence-electron chi connectivity index (χ2n) is 5.44. The predicted molar refractivity (Wildman–Crippen MR) is 96.1 cm³/mol. The fraction of sp³-hybridized carbons (Fsp3) is 0.412. The molecule has 1 aromatic carbocycles. The Labute approximate surface area is 157 Å². The Hall–Kier alpha value is -2.59. The number of anilines is 1. The van der Waals surface area contributed by atoms with Crippen molar-refractivity contribution in [1.29, 1.82) is 0 Å². The molecule has 0 aromatic heterocycles. The van der Waals surface area contributed by atoms with Crippen LogP contribution in [0.1, 0.15) is 13.8 Å². The van der Waals surface area contributed by atoms with Crippen LogP contribution in [0.3, 0.4) is 0 Å².